The number of phenols is 2. The number of allylic oxidation sites excluding steroid dienone is 2. The van der Waals surface area contributed by atoms with E-state index in [0.717, 1.165) is 18.6 Å². The molecule has 5 aromatic rings. The molecular formula is C39H37NO8. The number of hydrogen-bond acceptors (Lipinski definition) is 9. The Kier molecular flexibility index (Phi) is 13.2. The van der Waals surface area contributed by atoms with E-state index in [1.807, 2.05) is 12.1 Å². The third-order valence-electron chi connectivity index (χ3n) is 7.12. The summed E-state index contributed by atoms with van der Waals surface area (Å²) in [4.78, 5) is 23.9. The lowest BCUT2D eigenvalue weighted by atomic mass is 9.98. The van der Waals surface area contributed by atoms with Gasteiger partial charge in [0.15, 0.2) is 34.6 Å². The fraction of sp³-hybridized carbons (Fsp3) is 0.154. The standard InChI is InChI=1S/C21H20O6.C15H14O.C3H3NO/c1-26-20-11-14(5-9-18(20)24)3-7-16(22)13-17(23)8-4-15-6-10-19(25)21(12-15)27-2;1-2-6-12(7-3-1)15-11-10-13-8-4-5-9-14(13)16-15;1-2-4-5-3-1/h3-12,24-25H,13H2,1-2H3;1-9,15H,10-11H2;1-3H/b7-3+,8-4+;;. The van der Waals surface area contributed by atoms with E-state index in [4.69, 9.17) is 14.2 Å². The third-order valence-corrected chi connectivity index (χ3v) is 7.12. The van der Waals surface area contributed by atoms with Gasteiger partial charge in [0.2, 0.25) is 0 Å². The molecule has 9 nitrogen and oxygen atoms in total. The average molecular weight is 648 g/mol. The van der Waals surface area contributed by atoms with Crippen molar-refractivity contribution in [2.45, 2.75) is 25.4 Å². The summed E-state index contributed by atoms with van der Waals surface area (Å²) in [6.45, 7) is 0. The zero-order chi connectivity index (χ0) is 34.1. The van der Waals surface area contributed by atoms with Gasteiger partial charge in [-0.1, -0.05) is 78.0 Å². The molecule has 0 spiro atoms. The number of carbonyl (C=O) groups excluding carboxylic acids is 2. The van der Waals surface area contributed by atoms with Crippen molar-refractivity contribution in [3.63, 3.8) is 0 Å². The van der Waals surface area contributed by atoms with E-state index in [1.165, 1.54) is 55.9 Å². The van der Waals surface area contributed by atoms with Crippen LogP contribution in [0.25, 0.3) is 12.2 Å². The molecule has 2 heterocycles. The number of aromatic hydroxyl groups is 2. The number of carbonyl (C=O) groups is 2. The number of para-hydroxylation sites is 1. The minimum Gasteiger partial charge on any atom is -0.504 e. The van der Waals surface area contributed by atoms with Crippen molar-refractivity contribution in [3.05, 3.63) is 144 Å². The van der Waals surface area contributed by atoms with E-state index in [0.29, 0.717) is 22.6 Å². The number of hydrogen-bond donors (Lipinski definition) is 2. The number of ether oxygens (including phenoxy) is 3. The number of aromatic nitrogens is 1. The summed E-state index contributed by atoms with van der Waals surface area (Å²) in [7, 11) is 2.87. The number of phenolic OH excluding ortho intramolecular Hbond substituents is 2. The van der Waals surface area contributed by atoms with Crippen molar-refractivity contribution in [3.8, 4) is 28.7 Å². The third kappa shape index (κ3) is 10.8. The molecule has 1 aromatic heterocycles. The quantitative estimate of drug-likeness (QED) is 0.122. The lowest BCUT2D eigenvalue weighted by molar-refractivity contribution is -0.121. The Bertz CT molecular complexity index is 1720. The Hall–Kier alpha value is -6.09. The van der Waals surface area contributed by atoms with Gasteiger partial charge in [-0.05, 0) is 83.6 Å². The van der Waals surface area contributed by atoms with E-state index in [9.17, 15) is 19.8 Å². The van der Waals surface area contributed by atoms with Crippen molar-refractivity contribution in [2.75, 3.05) is 14.2 Å². The molecule has 2 N–H and O–H groups in total. The number of ketones is 2. The lowest BCUT2D eigenvalue weighted by Gasteiger charge is -2.26. The molecule has 48 heavy (non-hydrogen) atoms. The highest BCUT2D eigenvalue weighted by atomic mass is 16.5. The highest BCUT2D eigenvalue weighted by Crippen LogP contribution is 2.34. The van der Waals surface area contributed by atoms with Gasteiger partial charge in [-0.15, -0.1) is 0 Å². The Morgan fingerprint density at radius 1 is 0.792 bits per heavy atom. The van der Waals surface area contributed by atoms with Crippen LogP contribution in [0.4, 0.5) is 0 Å². The zero-order valence-electron chi connectivity index (χ0n) is 26.7. The highest BCUT2D eigenvalue weighted by molar-refractivity contribution is 6.10. The highest BCUT2D eigenvalue weighted by Gasteiger charge is 2.20. The zero-order valence-corrected chi connectivity index (χ0v) is 26.7. The number of rotatable bonds is 9. The fourth-order valence-electron chi connectivity index (χ4n) is 4.67. The number of benzene rings is 4. The summed E-state index contributed by atoms with van der Waals surface area (Å²) < 4.78 is 20.3. The number of methoxy groups -OCH3 is 2. The summed E-state index contributed by atoms with van der Waals surface area (Å²) in [5.41, 5.74) is 3.93. The molecule has 0 aliphatic carbocycles. The minimum atomic E-state index is -0.347. The van der Waals surface area contributed by atoms with Gasteiger partial charge >= 0.3 is 0 Å². The van der Waals surface area contributed by atoms with Crippen molar-refractivity contribution in [2.24, 2.45) is 0 Å². The van der Waals surface area contributed by atoms with Crippen molar-refractivity contribution in [1.82, 2.24) is 5.16 Å². The van der Waals surface area contributed by atoms with Crippen LogP contribution in [0.3, 0.4) is 0 Å². The van der Waals surface area contributed by atoms with Crippen LogP contribution in [0, 0.1) is 0 Å². The van der Waals surface area contributed by atoms with Gasteiger partial charge in [0.05, 0.1) is 26.8 Å². The molecule has 0 bridgehead atoms. The largest absolute Gasteiger partial charge is 0.504 e. The molecule has 0 radical (unpaired) electrons. The average Bonchev–Trinajstić information content (AvgIpc) is 3.72. The summed E-state index contributed by atoms with van der Waals surface area (Å²) in [6.07, 6.45) is 10.9. The first kappa shape index (κ1) is 34.8. The summed E-state index contributed by atoms with van der Waals surface area (Å²) in [5.74, 6) is 0.961. The van der Waals surface area contributed by atoms with E-state index >= 15 is 0 Å². The maximum Gasteiger partial charge on any atom is 0.163 e. The molecule has 1 aliphatic rings. The first-order valence-corrected chi connectivity index (χ1v) is 15.2. The summed E-state index contributed by atoms with van der Waals surface area (Å²) in [6, 6.07) is 29.8. The number of nitrogens with zero attached hydrogens (tertiary/aromatic N) is 1. The van der Waals surface area contributed by atoms with Crippen molar-refractivity contribution < 1.29 is 38.5 Å². The molecule has 6 rings (SSSR count). The molecule has 0 saturated carbocycles. The van der Waals surface area contributed by atoms with Crippen molar-refractivity contribution >= 4 is 23.7 Å². The van der Waals surface area contributed by atoms with E-state index < -0.39 is 0 Å². The Labute approximate surface area is 279 Å². The molecule has 0 fully saturated rings. The van der Waals surface area contributed by atoms with Gasteiger partial charge < -0.3 is 28.9 Å². The monoisotopic (exact) mass is 647 g/mol. The van der Waals surface area contributed by atoms with Gasteiger partial charge in [-0.25, -0.2) is 0 Å². The van der Waals surface area contributed by atoms with Crippen LogP contribution in [-0.2, 0) is 16.0 Å². The molecule has 0 saturated heterocycles. The molecule has 1 aliphatic heterocycles. The van der Waals surface area contributed by atoms with Crippen LogP contribution in [0.5, 0.6) is 28.7 Å². The van der Waals surface area contributed by atoms with Gasteiger partial charge in [-0.2, -0.15) is 0 Å². The first-order valence-electron chi connectivity index (χ1n) is 15.2. The van der Waals surface area contributed by atoms with E-state index in [2.05, 4.69) is 52.1 Å². The predicted molar refractivity (Wildman–Crippen MR) is 183 cm³/mol. The molecule has 0 amide bonds. The van der Waals surface area contributed by atoms with Gasteiger partial charge in [0.1, 0.15) is 18.1 Å². The maximum atomic E-state index is 11.9. The van der Waals surface area contributed by atoms with Gasteiger partial charge in [0.25, 0.3) is 0 Å². The molecule has 246 valence electrons. The van der Waals surface area contributed by atoms with E-state index in [-0.39, 0.29) is 35.6 Å². The van der Waals surface area contributed by atoms with Crippen molar-refractivity contribution in [1.29, 1.82) is 0 Å². The lowest BCUT2D eigenvalue weighted by Crippen LogP contribution is -2.14. The Morgan fingerprint density at radius 2 is 1.38 bits per heavy atom. The molecular weight excluding hydrogens is 610 g/mol. The number of fused-ring (bicyclic) bond motifs is 1. The second kappa shape index (κ2) is 18.2. The second-order valence-electron chi connectivity index (χ2n) is 10.5. The van der Waals surface area contributed by atoms with Gasteiger partial charge in [-0.3, -0.25) is 9.59 Å². The predicted octanol–water partition coefficient (Wildman–Crippen LogP) is 7.80. The molecule has 1 atom stereocenters. The number of aryl methyl sites for hydroxylation is 1. The molecule has 4 aromatic carbocycles. The van der Waals surface area contributed by atoms with Gasteiger partial charge in [0, 0.05) is 0 Å². The smallest absolute Gasteiger partial charge is 0.163 e. The SMILES string of the molecule is COc1cc(/C=C/C(=O)CC(=O)/C=C/c2ccc(O)c(OC)c2)ccc1O.c1ccc(C2CCc3ccccc3O2)cc1.c1cnoc1. The van der Waals surface area contributed by atoms with E-state index in [1.54, 1.807) is 48.7 Å². The summed E-state index contributed by atoms with van der Waals surface area (Å²) in [5, 5.41) is 22.4. The topological polar surface area (TPSA) is 128 Å². The van der Waals surface area contributed by atoms with Crippen LogP contribution in [0.1, 0.15) is 41.2 Å². The summed E-state index contributed by atoms with van der Waals surface area (Å²) >= 11 is 0. The Morgan fingerprint density at radius 3 is 1.90 bits per heavy atom. The maximum absolute atomic E-state index is 11.9. The normalized spacial score (nSPS) is 13.2. The minimum absolute atomic E-state index is 0.00662. The van der Waals surface area contributed by atoms with Crippen LogP contribution in [0.2, 0.25) is 0 Å². The second-order valence-corrected chi connectivity index (χ2v) is 10.5. The molecule has 1 unspecified atom stereocenters. The van der Waals surface area contributed by atoms with Crippen LogP contribution < -0.4 is 14.2 Å². The van der Waals surface area contributed by atoms with Crippen LogP contribution in [-0.4, -0.2) is 41.2 Å². The van der Waals surface area contributed by atoms with Crippen LogP contribution in [0.15, 0.2) is 126 Å². The van der Waals surface area contributed by atoms with Crippen LogP contribution >= 0.6 is 0 Å². The molecule has 9 heteroatoms. The fourth-order valence-corrected chi connectivity index (χ4v) is 4.67. The first-order chi connectivity index (χ1) is 23.4. The Balaban J connectivity index is 0.000000205.